The Bertz CT molecular complexity index is 1650. The molecule has 6 nitrogen and oxygen atoms in total. The molecule has 0 spiro atoms. The standard InChI is InChI=1S/C44H54N2O4S/c1-35(2)13-10-14-36(3)15-11-16-37(4)27-34-51-42-20-9-8-19-41(42)44(48)50-40-24-21-38(22-25-40)23-26-43(47)49-33-12-28-45-29-31-46(32-30-45)39-17-6-5-7-18-39/h5-9,13,15,17-27H,10-12,14,16,28-34H2,1-4H3/b26-23+,36-15+,37-27+. The predicted octanol–water partition coefficient (Wildman–Crippen LogP) is 10.2. The number of ether oxygens (including phenoxy) is 2. The Morgan fingerprint density at radius 3 is 2.16 bits per heavy atom. The topological polar surface area (TPSA) is 59.1 Å². The molecule has 1 aliphatic rings. The van der Waals surface area contributed by atoms with E-state index in [4.69, 9.17) is 9.47 Å². The Morgan fingerprint density at radius 1 is 0.765 bits per heavy atom. The molecule has 1 fully saturated rings. The molecule has 0 atom stereocenters. The van der Waals surface area contributed by atoms with Gasteiger partial charge in [0.2, 0.25) is 0 Å². The van der Waals surface area contributed by atoms with Crippen molar-refractivity contribution in [2.45, 2.75) is 64.7 Å². The molecule has 0 aliphatic carbocycles. The van der Waals surface area contributed by atoms with E-state index in [1.165, 1.54) is 28.5 Å². The van der Waals surface area contributed by atoms with Crippen LogP contribution in [0.5, 0.6) is 5.75 Å². The summed E-state index contributed by atoms with van der Waals surface area (Å²) in [5.41, 5.74) is 6.80. The number of piperazine rings is 1. The molecule has 1 heterocycles. The molecule has 3 aromatic carbocycles. The third kappa shape index (κ3) is 14.8. The first-order valence-electron chi connectivity index (χ1n) is 18.1. The first-order valence-corrected chi connectivity index (χ1v) is 19.1. The lowest BCUT2D eigenvalue weighted by Crippen LogP contribution is -2.46. The zero-order valence-corrected chi connectivity index (χ0v) is 31.6. The summed E-state index contributed by atoms with van der Waals surface area (Å²) >= 11 is 1.64. The Kier molecular flexibility index (Phi) is 16.9. The monoisotopic (exact) mass is 706 g/mol. The number of rotatable bonds is 18. The molecular weight excluding hydrogens is 653 g/mol. The largest absolute Gasteiger partial charge is 0.462 e. The summed E-state index contributed by atoms with van der Waals surface area (Å²) in [6.07, 6.45) is 15.1. The van der Waals surface area contributed by atoms with Crippen molar-refractivity contribution in [3.63, 3.8) is 0 Å². The summed E-state index contributed by atoms with van der Waals surface area (Å²) < 4.78 is 11.1. The molecule has 0 radical (unpaired) electrons. The third-order valence-corrected chi connectivity index (χ3v) is 9.76. The van der Waals surface area contributed by atoms with Gasteiger partial charge in [0, 0.05) is 55.1 Å². The number of para-hydroxylation sites is 1. The SMILES string of the molecule is CC(C)=CCC/C(C)=C/CC/C(C)=C/CSc1ccccc1C(=O)Oc1ccc(/C=C/C(=O)OCCCN2CCN(c3ccccc3)CC2)cc1. The van der Waals surface area contributed by atoms with Crippen molar-refractivity contribution in [1.29, 1.82) is 0 Å². The lowest BCUT2D eigenvalue weighted by atomic mass is 10.1. The molecule has 270 valence electrons. The van der Waals surface area contributed by atoms with Crippen molar-refractivity contribution in [3.8, 4) is 5.75 Å². The lowest BCUT2D eigenvalue weighted by Gasteiger charge is -2.36. The Balaban J connectivity index is 1.14. The smallest absolute Gasteiger partial charge is 0.344 e. The number of carbonyl (C=O) groups excluding carboxylic acids is 2. The quantitative estimate of drug-likeness (QED) is 0.0326. The van der Waals surface area contributed by atoms with Gasteiger partial charge in [-0.3, -0.25) is 4.90 Å². The molecule has 0 N–H and O–H groups in total. The van der Waals surface area contributed by atoms with Crippen LogP contribution >= 0.6 is 11.8 Å². The second kappa shape index (κ2) is 21.8. The van der Waals surface area contributed by atoms with Gasteiger partial charge < -0.3 is 14.4 Å². The van der Waals surface area contributed by atoms with E-state index >= 15 is 0 Å². The van der Waals surface area contributed by atoms with Gasteiger partial charge >= 0.3 is 11.9 Å². The molecule has 51 heavy (non-hydrogen) atoms. The van der Waals surface area contributed by atoms with Gasteiger partial charge in [-0.1, -0.05) is 77.4 Å². The van der Waals surface area contributed by atoms with Crippen molar-refractivity contribution in [1.82, 2.24) is 4.90 Å². The average molecular weight is 707 g/mol. The summed E-state index contributed by atoms with van der Waals surface area (Å²) in [4.78, 5) is 31.1. The van der Waals surface area contributed by atoms with Gasteiger partial charge in [0.1, 0.15) is 5.75 Å². The van der Waals surface area contributed by atoms with E-state index in [0.29, 0.717) is 17.9 Å². The van der Waals surface area contributed by atoms with Gasteiger partial charge in [0.05, 0.1) is 12.2 Å². The lowest BCUT2D eigenvalue weighted by molar-refractivity contribution is -0.137. The van der Waals surface area contributed by atoms with Crippen LogP contribution in [0.2, 0.25) is 0 Å². The molecule has 7 heteroatoms. The van der Waals surface area contributed by atoms with Crippen molar-refractivity contribution in [2.75, 3.05) is 50.0 Å². The third-order valence-electron chi connectivity index (χ3n) is 8.76. The molecule has 1 saturated heterocycles. The van der Waals surface area contributed by atoms with E-state index in [2.05, 4.69) is 80.0 Å². The van der Waals surface area contributed by atoms with E-state index in [9.17, 15) is 9.59 Å². The van der Waals surface area contributed by atoms with Crippen molar-refractivity contribution >= 4 is 35.5 Å². The number of thioether (sulfide) groups is 1. The van der Waals surface area contributed by atoms with Crippen molar-refractivity contribution < 1.29 is 19.1 Å². The van der Waals surface area contributed by atoms with Crippen molar-refractivity contribution in [3.05, 3.63) is 131 Å². The van der Waals surface area contributed by atoms with Gasteiger partial charge in [0.25, 0.3) is 0 Å². The fourth-order valence-electron chi connectivity index (χ4n) is 5.72. The van der Waals surface area contributed by atoms with Crippen LogP contribution < -0.4 is 9.64 Å². The minimum atomic E-state index is -0.391. The zero-order chi connectivity index (χ0) is 36.3. The minimum absolute atomic E-state index is 0.365. The van der Waals surface area contributed by atoms with E-state index in [-0.39, 0.29) is 5.97 Å². The molecule has 1 aliphatic heterocycles. The molecule has 0 bridgehead atoms. The molecule has 0 saturated carbocycles. The fourth-order valence-corrected chi connectivity index (χ4v) is 6.75. The number of esters is 2. The number of hydrogen-bond acceptors (Lipinski definition) is 7. The molecule has 4 rings (SSSR count). The normalized spacial score (nSPS) is 14.1. The zero-order valence-electron chi connectivity index (χ0n) is 30.8. The van der Waals surface area contributed by atoms with Crippen LogP contribution in [-0.4, -0.2) is 61.9 Å². The van der Waals surface area contributed by atoms with Crippen LogP contribution in [-0.2, 0) is 9.53 Å². The van der Waals surface area contributed by atoms with E-state index < -0.39 is 5.97 Å². The van der Waals surface area contributed by atoms with Gasteiger partial charge in [-0.05, 0) is 108 Å². The predicted molar refractivity (Wildman–Crippen MR) is 214 cm³/mol. The van der Waals surface area contributed by atoms with Crippen molar-refractivity contribution in [2.24, 2.45) is 0 Å². The number of benzene rings is 3. The highest BCUT2D eigenvalue weighted by Gasteiger charge is 2.17. The Labute approximate surface area is 309 Å². The molecular formula is C44H54N2O4S. The van der Waals surface area contributed by atoms with E-state index in [1.807, 2.05) is 36.4 Å². The maximum Gasteiger partial charge on any atom is 0.344 e. The summed E-state index contributed by atoms with van der Waals surface area (Å²) in [7, 11) is 0. The summed E-state index contributed by atoms with van der Waals surface area (Å²) in [5.74, 6) is 0.479. The van der Waals surface area contributed by atoms with E-state index in [1.54, 1.807) is 36.0 Å². The highest BCUT2D eigenvalue weighted by molar-refractivity contribution is 7.99. The van der Waals surface area contributed by atoms with Crippen LogP contribution in [0.3, 0.4) is 0 Å². The van der Waals surface area contributed by atoms with Gasteiger partial charge in [-0.15, -0.1) is 11.8 Å². The summed E-state index contributed by atoms with van der Waals surface area (Å²) in [6.45, 7) is 14.0. The first-order chi connectivity index (χ1) is 24.8. The minimum Gasteiger partial charge on any atom is -0.462 e. The number of allylic oxidation sites excluding steroid dienone is 5. The molecule has 0 amide bonds. The Morgan fingerprint density at radius 2 is 1.43 bits per heavy atom. The highest BCUT2D eigenvalue weighted by Crippen LogP contribution is 2.25. The van der Waals surface area contributed by atoms with E-state index in [0.717, 1.165) is 81.0 Å². The van der Waals surface area contributed by atoms with Crippen LogP contribution in [0.4, 0.5) is 5.69 Å². The first kappa shape index (κ1) is 39.5. The maximum atomic E-state index is 13.1. The highest BCUT2D eigenvalue weighted by atomic mass is 32.2. The molecule has 0 unspecified atom stereocenters. The summed E-state index contributed by atoms with van der Waals surface area (Å²) in [6, 6.07) is 25.2. The average Bonchev–Trinajstić information content (AvgIpc) is 3.14. The molecule has 3 aromatic rings. The second-order valence-electron chi connectivity index (χ2n) is 13.2. The van der Waals surface area contributed by atoms with Crippen LogP contribution in [0, 0.1) is 0 Å². The second-order valence-corrected chi connectivity index (χ2v) is 14.3. The van der Waals surface area contributed by atoms with Crippen LogP contribution in [0.15, 0.2) is 125 Å². The Hall–Kier alpha value is -4.33. The number of hydrogen-bond donors (Lipinski definition) is 0. The fraction of sp³-hybridized carbons (Fsp3) is 0.364. The maximum absolute atomic E-state index is 13.1. The molecule has 0 aromatic heterocycles. The van der Waals surface area contributed by atoms with Gasteiger partial charge in [-0.2, -0.15) is 0 Å². The van der Waals surface area contributed by atoms with Gasteiger partial charge in [0.15, 0.2) is 0 Å². The summed E-state index contributed by atoms with van der Waals surface area (Å²) in [5, 5.41) is 0. The van der Waals surface area contributed by atoms with Gasteiger partial charge in [-0.25, -0.2) is 9.59 Å². The number of carbonyl (C=O) groups is 2. The van der Waals surface area contributed by atoms with Crippen LogP contribution in [0.1, 0.15) is 75.7 Å². The van der Waals surface area contributed by atoms with Crippen LogP contribution in [0.25, 0.3) is 6.08 Å². The number of nitrogens with zero attached hydrogens (tertiary/aromatic N) is 2. The number of anilines is 1.